The van der Waals surface area contributed by atoms with Crippen molar-refractivity contribution in [3.63, 3.8) is 0 Å². The molecule has 0 unspecified atom stereocenters. The van der Waals surface area contributed by atoms with Crippen molar-refractivity contribution >= 4 is 79.5 Å². The van der Waals surface area contributed by atoms with E-state index in [9.17, 15) is 25.9 Å². The SMILES string of the molecule is CCCCCCCCCCCCc1cccc2c(S(=O)(=O)[O-])cccc12.CCCCCCCCCCCCc1cccc2c(S(=O)(=O)[O-])cccc12.[Ca+2]. The Hall–Kier alpha value is -1.52. The van der Waals surface area contributed by atoms with Gasteiger partial charge in [-0.15, -0.1) is 0 Å². The number of aryl methyl sites for hydroxylation is 2. The fraction of sp³-hybridized carbons (Fsp3) is 0.545. The molecule has 6 nitrogen and oxygen atoms in total. The molecular weight excluding hydrogens is 729 g/mol. The van der Waals surface area contributed by atoms with E-state index >= 15 is 0 Å². The second kappa shape index (κ2) is 26.4. The van der Waals surface area contributed by atoms with Crippen LogP contribution in [0, 0.1) is 0 Å². The quantitative estimate of drug-likeness (QED) is 0.0396. The minimum absolute atomic E-state index is 0. The topological polar surface area (TPSA) is 114 Å². The Morgan fingerprint density at radius 2 is 0.642 bits per heavy atom. The Morgan fingerprint density at radius 3 is 0.943 bits per heavy atom. The fourth-order valence-corrected chi connectivity index (χ4v) is 8.56. The molecule has 0 aliphatic rings. The van der Waals surface area contributed by atoms with Gasteiger partial charge in [-0.2, -0.15) is 0 Å². The third-order valence-corrected chi connectivity index (χ3v) is 11.9. The molecule has 0 aliphatic carbocycles. The summed E-state index contributed by atoms with van der Waals surface area (Å²) in [6.45, 7) is 4.49. The van der Waals surface area contributed by atoms with Gasteiger partial charge in [0.1, 0.15) is 20.2 Å². The van der Waals surface area contributed by atoms with Gasteiger partial charge in [0.25, 0.3) is 0 Å². The van der Waals surface area contributed by atoms with E-state index in [0.29, 0.717) is 10.8 Å². The van der Waals surface area contributed by atoms with Crippen LogP contribution in [0.3, 0.4) is 0 Å². The monoisotopic (exact) mass is 790 g/mol. The zero-order valence-corrected chi connectivity index (χ0v) is 36.3. The number of hydrogen-bond donors (Lipinski definition) is 0. The first-order valence-electron chi connectivity index (χ1n) is 20.0. The maximum atomic E-state index is 11.4. The summed E-state index contributed by atoms with van der Waals surface area (Å²) in [5.74, 6) is 0. The summed E-state index contributed by atoms with van der Waals surface area (Å²) in [6, 6.07) is 21.2. The van der Waals surface area contributed by atoms with Crippen LogP contribution in [0.1, 0.15) is 153 Å². The van der Waals surface area contributed by atoms with E-state index in [1.165, 1.54) is 128 Å². The van der Waals surface area contributed by atoms with Crippen LogP contribution in [0.15, 0.2) is 82.6 Å². The van der Waals surface area contributed by atoms with Crippen LogP contribution in [0.4, 0.5) is 0 Å². The number of benzene rings is 4. The molecule has 4 aromatic carbocycles. The first-order chi connectivity index (χ1) is 25.1. The molecule has 0 atom stereocenters. The van der Waals surface area contributed by atoms with Crippen molar-refractivity contribution in [3.05, 3.63) is 83.9 Å². The molecule has 0 spiro atoms. The molecule has 9 heteroatoms. The van der Waals surface area contributed by atoms with Gasteiger partial charge >= 0.3 is 37.7 Å². The normalized spacial score (nSPS) is 11.7. The molecule has 0 aromatic heterocycles. The molecule has 0 bridgehead atoms. The van der Waals surface area contributed by atoms with Gasteiger partial charge in [-0.3, -0.25) is 0 Å². The summed E-state index contributed by atoms with van der Waals surface area (Å²) in [5, 5.41) is 2.87. The zero-order chi connectivity index (χ0) is 37.7. The predicted octanol–water partition coefficient (Wildman–Crippen LogP) is 12.0. The van der Waals surface area contributed by atoms with Gasteiger partial charge in [0.2, 0.25) is 0 Å². The van der Waals surface area contributed by atoms with E-state index in [0.717, 1.165) is 47.6 Å². The minimum atomic E-state index is -4.44. The van der Waals surface area contributed by atoms with Crippen molar-refractivity contribution in [2.24, 2.45) is 0 Å². The Bertz CT molecular complexity index is 1700. The molecule has 0 saturated heterocycles. The molecule has 4 aromatic rings. The van der Waals surface area contributed by atoms with E-state index in [1.54, 1.807) is 24.3 Å². The van der Waals surface area contributed by atoms with Crippen molar-refractivity contribution in [1.82, 2.24) is 0 Å². The van der Waals surface area contributed by atoms with E-state index in [-0.39, 0.29) is 47.5 Å². The molecule has 0 saturated carbocycles. The first kappa shape index (κ1) is 47.6. The summed E-state index contributed by atoms with van der Waals surface area (Å²) in [5.41, 5.74) is 2.26. The van der Waals surface area contributed by atoms with Crippen LogP contribution >= 0.6 is 0 Å². The van der Waals surface area contributed by atoms with Gasteiger partial charge in [0, 0.05) is 0 Å². The summed E-state index contributed by atoms with van der Waals surface area (Å²) in [7, 11) is -8.88. The van der Waals surface area contributed by atoms with Gasteiger partial charge in [0.05, 0.1) is 9.79 Å². The number of rotatable bonds is 24. The summed E-state index contributed by atoms with van der Waals surface area (Å²) >= 11 is 0. The Labute approximate surface area is 351 Å². The molecule has 0 aliphatic heterocycles. The number of hydrogen-bond acceptors (Lipinski definition) is 6. The zero-order valence-electron chi connectivity index (χ0n) is 32.5. The van der Waals surface area contributed by atoms with E-state index in [2.05, 4.69) is 13.8 Å². The van der Waals surface area contributed by atoms with E-state index in [4.69, 9.17) is 0 Å². The third kappa shape index (κ3) is 17.4. The Kier molecular flexibility index (Phi) is 23.7. The molecule has 53 heavy (non-hydrogen) atoms. The van der Waals surface area contributed by atoms with Crippen molar-refractivity contribution in [2.45, 2.75) is 165 Å². The molecule has 4 rings (SSSR count). The summed E-state index contributed by atoms with van der Waals surface area (Å²) in [4.78, 5) is -0.222. The fourth-order valence-electron chi connectivity index (χ4n) is 7.17. The molecule has 0 radical (unpaired) electrons. The van der Waals surface area contributed by atoms with Crippen LogP contribution < -0.4 is 0 Å². The molecule has 288 valence electrons. The standard InChI is InChI=1S/2C22H32O3S.Ca/c2*1-2-3-4-5-6-7-8-9-10-11-14-19-15-12-17-21-20(19)16-13-18-22(21)26(23,24)25;/h2*12-13,15-18H,2-11,14H2,1H3,(H,23,24,25);/q;;+2/p-2. The smallest absolute Gasteiger partial charge is 0.744 e. The molecule has 0 fully saturated rings. The van der Waals surface area contributed by atoms with Crippen molar-refractivity contribution in [2.75, 3.05) is 0 Å². The maximum absolute atomic E-state index is 11.4. The Morgan fingerprint density at radius 1 is 0.377 bits per heavy atom. The van der Waals surface area contributed by atoms with Gasteiger partial charge < -0.3 is 9.11 Å². The van der Waals surface area contributed by atoms with Gasteiger partial charge in [0.15, 0.2) is 0 Å². The van der Waals surface area contributed by atoms with Crippen LogP contribution in [-0.2, 0) is 33.1 Å². The molecule has 0 N–H and O–H groups in total. The Balaban J connectivity index is 0.000000360. The number of unbranched alkanes of at least 4 members (excludes halogenated alkanes) is 18. The molecular formula is C44H62CaO6S2. The van der Waals surface area contributed by atoms with Gasteiger partial charge in [-0.25, -0.2) is 16.8 Å². The average Bonchev–Trinajstić information content (AvgIpc) is 3.12. The minimum Gasteiger partial charge on any atom is -0.744 e. The molecule has 0 heterocycles. The summed E-state index contributed by atoms with van der Waals surface area (Å²) in [6.07, 6.45) is 27.8. The first-order valence-corrected chi connectivity index (χ1v) is 22.8. The summed E-state index contributed by atoms with van der Waals surface area (Å²) < 4.78 is 68.7. The van der Waals surface area contributed by atoms with Crippen LogP contribution in [0.2, 0.25) is 0 Å². The maximum Gasteiger partial charge on any atom is 2.00 e. The van der Waals surface area contributed by atoms with E-state index < -0.39 is 20.2 Å². The number of fused-ring (bicyclic) bond motifs is 2. The largest absolute Gasteiger partial charge is 2.00 e. The van der Waals surface area contributed by atoms with Crippen molar-refractivity contribution in [1.29, 1.82) is 0 Å². The predicted molar refractivity (Wildman–Crippen MR) is 221 cm³/mol. The average molecular weight is 791 g/mol. The third-order valence-electron chi connectivity index (χ3n) is 10.1. The van der Waals surface area contributed by atoms with Crippen LogP contribution in [-0.4, -0.2) is 63.7 Å². The van der Waals surface area contributed by atoms with Crippen LogP contribution in [0.25, 0.3) is 21.5 Å². The second-order valence-corrected chi connectivity index (χ2v) is 17.0. The van der Waals surface area contributed by atoms with Crippen molar-refractivity contribution in [3.8, 4) is 0 Å². The van der Waals surface area contributed by atoms with E-state index in [1.807, 2.05) is 36.4 Å². The van der Waals surface area contributed by atoms with Gasteiger partial charge in [-0.1, -0.05) is 190 Å². The van der Waals surface area contributed by atoms with Gasteiger partial charge in [-0.05, 0) is 70.5 Å². The van der Waals surface area contributed by atoms with Crippen LogP contribution in [0.5, 0.6) is 0 Å². The molecule has 0 amide bonds. The van der Waals surface area contributed by atoms with Crippen molar-refractivity contribution < 1.29 is 25.9 Å². The second-order valence-electron chi connectivity index (χ2n) is 14.3.